The van der Waals surface area contributed by atoms with Gasteiger partial charge in [0.1, 0.15) is 9.71 Å². The van der Waals surface area contributed by atoms with Crippen molar-refractivity contribution in [2.24, 2.45) is 0 Å². The summed E-state index contributed by atoms with van der Waals surface area (Å²) in [5.74, 6) is 0.321. The van der Waals surface area contributed by atoms with Crippen molar-refractivity contribution in [3.8, 4) is 11.5 Å². The minimum absolute atomic E-state index is 0.223. The molecule has 156 valence electrons. The second kappa shape index (κ2) is 9.28. The van der Waals surface area contributed by atoms with E-state index in [-0.39, 0.29) is 5.78 Å². The van der Waals surface area contributed by atoms with Crippen LogP contribution in [0.4, 0.5) is 0 Å². The van der Waals surface area contributed by atoms with E-state index in [1.54, 1.807) is 24.3 Å². The van der Waals surface area contributed by atoms with E-state index in [9.17, 15) is 9.59 Å². The number of nitrogens with zero attached hydrogens (tertiary/aromatic N) is 1. The molecule has 0 saturated carbocycles. The van der Waals surface area contributed by atoms with Crippen LogP contribution < -0.4 is 9.47 Å². The largest absolute Gasteiger partial charge is 0.491 e. The van der Waals surface area contributed by atoms with Gasteiger partial charge in [-0.3, -0.25) is 4.79 Å². The van der Waals surface area contributed by atoms with Gasteiger partial charge in [0.2, 0.25) is 0 Å². The number of ketones is 1. The maximum absolute atomic E-state index is 12.7. The topological polar surface area (TPSA) is 74.7 Å². The normalized spacial score (nSPS) is 11.1. The van der Waals surface area contributed by atoms with Gasteiger partial charge in [-0.1, -0.05) is 17.7 Å². The highest BCUT2D eigenvalue weighted by Gasteiger charge is 2.18. The number of pyridine rings is 1. The zero-order chi connectivity index (χ0) is 21.8. The van der Waals surface area contributed by atoms with Gasteiger partial charge in [0.05, 0.1) is 25.8 Å². The zero-order valence-electron chi connectivity index (χ0n) is 16.9. The number of aryl methyl sites for hydroxylation is 1. The Kier molecular flexibility index (Phi) is 6.74. The number of hydrogen-bond donors (Lipinski definition) is 0. The van der Waals surface area contributed by atoms with Crippen LogP contribution in [0.1, 0.15) is 38.1 Å². The summed E-state index contributed by atoms with van der Waals surface area (Å²) in [5, 5.41) is 1.15. The number of hydrogen-bond acceptors (Lipinski definition) is 7. The predicted molar refractivity (Wildman–Crippen MR) is 118 cm³/mol. The molecule has 3 aromatic rings. The molecule has 0 amide bonds. The molecular formula is C22H20ClNO5S. The van der Waals surface area contributed by atoms with Gasteiger partial charge in [-0.05, 0) is 49.2 Å². The highest BCUT2D eigenvalue weighted by Crippen LogP contribution is 2.36. The quantitative estimate of drug-likeness (QED) is 0.277. The third-order valence-corrected chi connectivity index (χ3v) is 5.89. The van der Waals surface area contributed by atoms with Crippen LogP contribution in [0.25, 0.3) is 16.3 Å². The van der Waals surface area contributed by atoms with Gasteiger partial charge in [-0.25, -0.2) is 9.78 Å². The van der Waals surface area contributed by atoms with Crippen molar-refractivity contribution >= 4 is 51.0 Å². The zero-order valence-corrected chi connectivity index (χ0v) is 18.5. The Bertz CT molecular complexity index is 1150. The number of ether oxygens (including phenoxy) is 3. The number of rotatable bonds is 7. The number of allylic oxidation sites excluding steroid dienone is 1. The maximum Gasteiger partial charge on any atom is 0.348 e. The molecule has 0 saturated heterocycles. The summed E-state index contributed by atoms with van der Waals surface area (Å²) in [5.41, 5.74) is 1.86. The fourth-order valence-corrected chi connectivity index (χ4v) is 4.28. The van der Waals surface area contributed by atoms with E-state index in [0.29, 0.717) is 44.0 Å². The van der Waals surface area contributed by atoms with Crippen molar-refractivity contribution in [2.75, 3.05) is 20.8 Å². The van der Waals surface area contributed by atoms with Crippen molar-refractivity contribution in [3.05, 3.63) is 57.1 Å². The molecule has 0 bridgehead atoms. The highest BCUT2D eigenvalue weighted by atomic mass is 35.5. The van der Waals surface area contributed by atoms with Crippen molar-refractivity contribution in [2.45, 2.75) is 13.8 Å². The van der Waals surface area contributed by atoms with Crippen LogP contribution in [0.3, 0.4) is 0 Å². The summed E-state index contributed by atoms with van der Waals surface area (Å²) < 4.78 is 15.6. The van der Waals surface area contributed by atoms with E-state index in [1.807, 2.05) is 13.8 Å². The van der Waals surface area contributed by atoms with Crippen LogP contribution in [0.2, 0.25) is 5.02 Å². The predicted octanol–water partition coefficient (Wildman–Crippen LogP) is 5.35. The smallest absolute Gasteiger partial charge is 0.348 e. The van der Waals surface area contributed by atoms with Gasteiger partial charge in [0.25, 0.3) is 0 Å². The summed E-state index contributed by atoms with van der Waals surface area (Å²) >= 11 is 7.50. The molecule has 0 atom stereocenters. The van der Waals surface area contributed by atoms with Crippen LogP contribution in [0.15, 0.2) is 30.5 Å². The standard InChI is InChI=1S/C22H20ClNO5S/c1-5-29-18-9-13(8-16(23)19(18)27-3)6-7-17(25)14-10-15-12(2)20(22(26)28-4)30-21(15)24-11-14/h6-11H,5H2,1-4H3. The van der Waals surface area contributed by atoms with Gasteiger partial charge in [-0.2, -0.15) is 0 Å². The second-order valence-electron chi connectivity index (χ2n) is 6.29. The molecule has 8 heteroatoms. The Morgan fingerprint density at radius 2 is 2.00 bits per heavy atom. The van der Waals surface area contributed by atoms with E-state index >= 15 is 0 Å². The number of esters is 1. The third-order valence-electron chi connectivity index (χ3n) is 4.41. The Morgan fingerprint density at radius 1 is 1.23 bits per heavy atom. The average molecular weight is 446 g/mol. The van der Waals surface area contributed by atoms with Crippen molar-refractivity contribution in [1.82, 2.24) is 4.98 Å². The van der Waals surface area contributed by atoms with Crippen LogP contribution in [0.5, 0.6) is 11.5 Å². The summed E-state index contributed by atoms with van der Waals surface area (Å²) in [4.78, 5) is 30.1. The number of halogens is 1. The van der Waals surface area contributed by atoms with E-state index in [1.165, 1.54) is 37.8 Å². The maximum atomic E-state index is 12.7. The van der Waals surface area contributed by atoms with E-state index in [0.717, 1.165) is 10.9 Å². The van der Waals surface area contributed by atoms with Crippen LogP contribution >= 0.6 is 22.9 Å². The van der Waals surface area contributed by atoms with Crippen molar-refractivity contribution < 1.29 is 23.8 Å². The fourth-order valence-electron chi connectivity index (χ4n) is 2.93. The monoisotopic (exact) mass is 445 g/mol. The molecule has 3 rings (SSSR count). The Labute approximate surface area is 183 Å². The molecule has 0 radical (unpaired) electrons. The molecule has 30 heavy (non-hydrogen) atoms. The number of carbonyl (C=O) groups excluding carboxylic acids is 2. The molecular weight excluding hydrogens is 426 g/mol. The summed E-state index contributed by atoms with van der Waals surface area (Å²) in [6, 6.07) is 5.19. The molecule has 0 unspecified atom stereocenters. The van der Waals surface area contributed by atoms with Gasteiger partial charge >= 0.3 is 5.97 Å². The number of carbonyl (C=O) groups is 2. The van der Waals surface area contributed by atoms with Crippen LogP contribution in [0, 0.1) is 6.92 Å². The lowest BCUT2D eigenvalue weighted by atomic mass is 10.1. The summed E-state index contributed by atoms with van der Waals surface area (Å²) in [7, 11) is 2.85. The first kappa shape index (κ1) is 21.8. The highest BCUT2D eigenvalue weighted by molar-refractivity contribution is 7.20. The van der Waals surface area contributed by atoms with Gasteiger partial charge in [-0.15, -0.1) is 11.3 Å². The molecule has 0 spiro atoms. The van der Waals surface area contributed by atoms with Crippen LogP contribution in [-0.4, -0.2) is 37.6 Å². The fraction of sp³-hybridized carbons (Fsp3) is 0.227. The van der Waals surface area contributed by atoms with Gasteiger partial charge in [0, 0.05) is 17.1 Å². The molecule has 6 nitrogen and oxygen atoms in total. The lowest BCUT2D eigenvalue weighted by molar-refractivity contribution is 0.0605. The third kappa shape index (κ3) is 4.32. The lowest BCUT2D eigenvalue weighted by Crippen LogP contribution is -1.99. The number of aromatic nitrogens is 1. The van der Waals surface area contributed by atoms with Gasteiger partial charge in [0.15, 0.2) is 17.3 Å². The lowest BCUT2D eigenvalue weighted by Gasteiger charge is -2.11. The number of methoxy groups -OCH3 is 2. The molecule has 0 fully saturated rings. The molecule has 1 aromatic carbocycles. The number of benzene rings is 1. The summed E-state index contributed by atoms with van der Waals surface area (Å²) in [6.45, 7) is 4.13. The van der Waals surface area contributed by atoms with E-state index in [2.05, 4.69) is 4.98 Å². The second-order valence-corrected chi connectivity index (χ2v) is 7.70. The number of thiophene rings is 1. The van der Waals surface area contributed by atoms with Crippen molar-refractivity contribution in [3.63, 3.8) is 0 Å². The first-order valence-electron chi connectivity index (χ1n) is 9.09. The Hall–Kier alpha value is -2.90. The molecule has 2 heterocycles. The van der Waals surface area contributed by atoms with Gasteiger partial charge < -0.3 is 14.2 Å². The molecule has 0 aliphatic rings. The minimum atomic E-state index is -0.412. The molecule has 2 aromatic heterocycles. The Morgan fingerprint density at radius 3 is 2.67 bits per heavy atom. The Balaban J connectivity index is 1.90. The molecule has 0 aliphatic heterocycles. The summed E-state index contributed by atoms with van der Waals surface area (Å²) in [6.07, 6.45) is 4.60. The van der Waals surface area contributed by atoms with Crippen LogP contribution in [-0.2, 0) is 4.74 Å². The molecule has 0 N–H and O–H groups in total. The molecule has 0 aliphatic carbocycles. The minimum Gasteiger partial charge on any atom is -0.491 e. The average Bonchev–Trinajstić information content (AvgIpc) is 3.07. The van der Waals surface area contributed by atoms with Crippen molar-refractivity contribution in [1.29, 1.82) is 0 Å². The first-order chi connectivity index (χ1) is 14.4. The van der Waals surface area contributed by atoms with E-state index < -0.39 is 5.97 Å². The first-order valence-corrected chi connectivity index (χ1v) is 10.3. The van der Waals surface area contributed by atoms with E-state index in [4.69, 9.17) is 25.8 Å². The SMILES string of the molecule is CCOc1cc(C=CC(=O)c2cnc3sc(C(=O)OC)c(C)c3c2)cc(Cl)c1OC. The number of fused-ring (bicyclic) bond motifs is 1.